The van der Waals surface area contributed by atoms with Crippen molar-refractivity contribution in [2.45, 2.75) is 22.8 Å². The summed E-state index contributed by atoms with van der Waals surface area (Å²) in [5.41, 5.74) is 1.20. The number of rotatable bonds is 7. The van der Waals surface area contributed by atoms with Crippen molar-refractivity contribution in [3.05, 3.63) is 28.7 Å². The normalized spacial score (nSPS) is 15.1. The third-order valence-electron chi connectivity index (χ3n) is 4.62. The van der Waals surface area contributed by atoms with Crippen LogP contribution >= 0.6 is 45.8 Å². The van der Waals surface area contributed by atoms with E-state index in [2.05, 4.69) is 50.2 Å². The van der Waals surface area contributed by atoms with Crippen LogP contribution in [0.5, 0.6) is 0 Å². The van der Waals surface area contributed by atoms with Crippen LogP contribution < -0.4 is 5.32 Å². The van der Waals surface area contributed by atoms with Crippen molar-refractivity contribution in [3.63, 3.8) is 0 Å². The molecule has 4 aromatic rings. The van der Waals surface area contributed by atoms with Crippen LogP contribution in [0.2, 0.25) is 0 Å². The molecule has 1 aliphatic heterocycles. The molecule has 7 nitrogen and oxygen atoms in total. The Hall–Kier alpha value is -1.63. The van der Waals surface area contributed by atoms with Crippen LogP contribution in [0.1, 0.15) is 12.7 Å². The smallest absolute Gasteiger partial charge is 0.206 e. The molecule has 5 heterocycles. The molecule has 1 N–H and O–H groups in total. The number of hydrogen-bond donors (Lipinski definition) is 1. The van der Waals surface area contributed by atoms with Crippen LogP contribution in [0.25, 0.3) is 20.7 Å². The van der Waals surface area contributed by atoms with Gasteiger partial charge in [-0.3, -0.25) is 4.90 Å². The van der Waals surface area contributed by atoms with Crippen molar-refractivity contribution in [2.75, 3.05) is 38.2 Å². The summed E-state index contributed by atoms with van der Waals surface area (Å²) in [5.74, 6) is 0.850. The Balaban J connectivity index is 1.53. The first kappa shape index (κ1) is 20.3. The SMILES string of the molecule is CCNc1nnc(Sc2nc(CN3CCOCC3)nc3scc(-c4cccs4)c23)s1. The van der Waals surface area contributed by atoms with Crippen LogP contribution in [-0.2, 0) is 11.3 Å². The lowest BCUT2D eigenvalue weighted by Gasteiger charge is -2.25. The molecule has 0 bridgehead atoms. The molecule has 1 saturated heterocycles. The highest BCUT2D eigenvalue weighted by atomic mass is 32.2. The lowest BCUT2D eigenvalue weighted by Crippen LogP contribution is -2.36. The molecule has 0 atom stereocenters. The molecule has 0 aromatic carbocycles. The lowest BCUT2D eigenvalue weighted by atomic mass is 10.2. The monoisotopic (exact) mass is 476 g/mol. The number of nitrogens with one attached hydrogen (secondary N) is 1. The third kappa shape index (κ3) is 4.36. The fourth-order valence-corrected chi connectivity index (χ4v) is 6.96. The van der Waals surface area contributed by atoms with Crippen LogP contribution in [0.15, 0.2) is 32.3 Å². The second-order valence-corrected chi connectivity index (χ2v) is 10.7. The van der Waals surface area contributed by atoms with Gasteiger partial charge >= 0.3 is 0 Å². The van der Waals surface area contributed by atoms with Crippen LogP contribution in [0, 0.1) is 0 Å². The van der Waals surface area contributed by atoms with E-state index >= 15 is 0 Å². The fourth-order valence-electron chi connectivity index (χ4n) is 3.23. The summed E-state index contributed by atoms with van der Waals surface area (Å²) in [4.78, 5) is 14.5. The molecule has 1 aliphatic rings. The zero-order valence-electron chi connectivity index (χ0n) is 16.3. The minimum Gasteiger partial charge on any atom is -0.379 e. The van der Waals surface area contributed by atoms with Gasteiger partial charge in [-0.1, -0.05) is 17.4 Å². The zero-order valence-corrected chi connectivity index (χ0v) is 19.6. The van der Waals surface area contributed by atoms with Crippen LogP contribution in [0.4, 0.5) is 5.13 Å². The third-order valence-corrected chi connectivity index (χ3v) is 8.32. The van der Waals surface area contributed by atoms with Gasteiger partial charge in [0.05, 0.1) is 25.1 Å². The van der Waals surface area contributed by atoms with Gasteiger partial charge in [0.15, 0.2) is 4.34 Å². The maximum absolute atomic E-state index is 5.47. The largest absolute Gasteiger partial charge is 0.379 e. The molecule has 0 spiro atoms. The Morgan fingerprint density at radius 2 is 2.10 bits per heavy atom. The Kier molecular flexibility index (Phi) is 6.25. The molecule has 0 amide bonds. The number of ether oxygens (including phenoxy) is 1. The minimum atomic E-state index is 0.734. The van der Waals surface area contributed by atoms with Gasteiger partial charge in [0.2, 0.25) is 5.13 Å². The fraction of sp³-hybridized carbons (Fsp3) is 0.368. The predicted octanol–water partition coefficient (Wildman–Crippen LogP) is 4.69. The number of aromatic nitrogens is 4. The molecule has 4 aromatic heterocycles. The molecule has 0 aliphatic carbocycles. The average Bonchev–Trinajstić information content (AvgIpc) is 3.50. The van der Waals surface area contributed by atoms with E-state index in [1.807, 2.05) is 0 Å². The minimum absolute atomic E-state index is 0.734. The standard InChI is InChI=1S/C19H20N6OS4/c1-2-20-18-23-24-19(30-18)29-17-15-12(13-4-3-9-27-13)11-28-16(15)21-14(22-17)10-25-5-7-26-8-6-25/h3-4,9,11H,2,5-8,10H2,1H3,(H,20,23). The van der Waals surface area contributed by atoms with Crippen molar-refractivity contribution in [1.82, 2.24) is 25.1 Å². The molecule has 5 rings (SSSR count). The Morgan fingerprint density at radius 1 is 1.20 bits per heavy atom. The van der Waals surface area contributed by atoms with Gasteiger partial charge in [-0.05, 0) is 30.1 Å². The van der Waals surface area contributed by atoms with E-state index in [0.29, 0.717) is 0 Å². The number of anilines is 1. The lowest BCUT2D eigenvalue weighted by molar-refractivity contribution is 0.0330. The highest BCUT2D eigenvalue weighted by molar-refractivity contribution is 8.01. The van der Waals surface area contributed by atoms with Gasteiger partial charge in [-0.15, -0.1) is 32.9 Å². The Labute approximate surface area is 190 Å². The summed E-state index contributed by atoms with van der Waals surface area (Å²) < 4.78 is 6.36. The molecular weight excluding hydrogens is 457 g/mol. The maximum atomic E-state index is 5.47. The van der Waals surface area contributed by atoms with Gasteiger partial charge in [0.1, 0.15) is 15.7 Å². The first-order chi connectivity index (χ1) is 14.8. The molecule has 1 fully saturated rings. The van der Waals surface area contributed by atoms with E-state index in [1.165, 1.54) is 10.4 Å². The van der Waals surface area contributed by atoms with E-state index in [-0.39, 0.29) is 0 Å². The highest BCUT2D eigenvalue weighted by Crippen LogP contribution is 2.42. The van der Waals surface area contributed by atoms with E-state index in [1.54, 1.807) is 45.8 Å². The summed E-state index contributed by atoms with van der Waals surface area (Å²) in [6, 6.07) is 4.23. The first-order valence-electron chi connectivity index (χ1n) is 9.67. The molecule has 0 saturated carbocycles. The number of morpholine rings is 1. The quantitative estimate of drug-likeness (QED) is 0.385. The van der Waals surface area contributed by atoms with Gasteiger partial charge in [-0.25, -0.2) is 9.97 Å². The molecule has 30 heavy (non-hydrogen) atoms. The van der Waals surface area contributed by atoms with Gasteiger partial charge in [-0.2, -0.15) is 0 Å². The summed E-state index contributed by atoms with van der Waals surface area (Å²) in [7, 11) is 0. The second kappa shape index (κ2) is 9.25. The Bertz CT molecular complexity index is 1120. The van der Waals surface area contributed by atoms with Crippen molar-refractivity contribution in [2.24, 2.45) is 0 Å². The van der Waals surface area contributed by atoms with Crippen LogP contribution in [0.3, 0.4) is 0 Å². The van der Waals surface area contributed by atoms with Crippen molar-refractivity contribution >= 4 is 61.1 Å². The summed E-state index contributed by atoms with van der Waals surface area (Å²) >= 11 is 6.55. The molecule has 0 radical (unpaired) electrons. The zero-order chi connectivity index (χ0) is 20.3. The van der Waals surface area contributed by atoms with E-state index < -0.39 is 0 Å². The predicted molar refractivity (Wildman–Crippen MR) is 125 cm³/mol. The maximum Gasteiger partial charge on any atom is 0.206 e. The van der Waals surface area contributed by atoms with E-state index in [0.717, 1.165) is 69.9 Å². The number of hydrogen-bond acceptors (Lipinski definition) is 11. The van der Waals surface area contributed by atoms with Crippen molar-refractivity contribution < 1.29 is 4.74 Å². The van der Waals surface area contributed by atoms with Crippen molar-refractivity contribution in [1.29, 1.82) is 0 Å². The van der Waals surface area contributed by atoms with E-state index in [9.17, 15) is 0 Å². The average molecular weight is 477 g/mol. The van der Waals surface area contributed by atoms with Crippen LogP contribution in [-0.4, -0.2) is 57.9 Å². The van der Waals surface area contributed by atoms with Gasteiger partial charge in [0, 0.05) is 35.5 Å². The van der Waals surface area contributed by atoms with Crippen molar-refractivity contribution in [3.8, 4) is 10.4 Å². The van der Waals surface area contributed by atoms with Gasteiger partial charge < -0.3 is 10.1 Å². The summed E-state index contributed by atoms with van der Waals surface area (Å²) in [6.45, 7) is 6.98. The Morgan fingerprint density at radius 3 is 2.90 bits per heavy atom. The molecule has 0 unspecified atom stereocenters. The molecular formula is C19H20N6OS4. The summed E-state index contributed by atoms with van der Waals surface area (Å²) in [5, 5.41) is 19.0. The molecule has 11 heteroatoms. The number of fused-ring (bicyclic) bond motifs is 1. The second-order valence-electron chi connectivity index (χ2n) is 6.65. The topological polar surface area (TPSA) is 76.1 Å². The first-order valence-corrected chi connectivity index (χ1v) is 13.1. The highest BCUT2D eigenvalue weighted by Gasteiger charge is 2.20. The number of nitrogens with zero attached hydrogens (tertiary/aromatic N) is 5. The number of thiophene rings is 2. The van der Waals surface area contributed by atoms with E-state index in [4.69, 9.17) is 14.7 Å². The summed E-state index contributed by atoms with van der Waals surface area (Å²) in [6.07, 6.45) is 0. The molecule has 156 valence electrons. The van der Waals surface area contributed by atoms with Gasteiger partial charge in [0.25, 0.3) is 0 Å².